The molecule has 1 saturated heterocycles. The van der Waals surface area contributed by atoms with E-state index in [0.717, 1.165) is 32.4 Å². The van der Waals surface area contributed by atoms with Gasteiger partial charge in [-0.05, 0) is 18.2 Å². The first kappa shape index (κ1) is 25.1. The van der Waals surface area contributed by atoms with Gasteiger partial charge in [-0.2, -0.15) is 0 Å². The van der Waals surface area contributed by atoms with Gasteiger partial charge < -0.3 is 54.0 Å². The number of aromatic hydroxyl groups is 3. The topological polar surface area (TPSA) is 206 Å². The normalized spacial score (nSPS) is 23.9. The molecule has 5 atom stereocenters. The van der Waals surface area contributed by atoms with E-state index >= 15 is 0 Å². The quantitative estimate of drug-likeness (QED) is 0.198. The molecule has 192 valence electrons. The first-order valence-corrected chi connectivity index (χ1v) is 10.4. The molecule has 13 heteroatoms. The van der Waals surface area contributed by atoms with Gasteiger partial charge in [-0.3, -0.25) is 4.79 Å². The molecule has 2 aromatic carbocycles. The molecule has 4 rings (SSSR count). The molecule has 0 amide bonds. The van der Waals surface area contributed by atoms with Crippen LogP contribution in [0.25, 0.3) is 22.3 Å². The zero-order chi connectivity index (χ0) is 26.3. The molecule has 13 nitrogen and oxygen atoms in total. The van der Waals surface area contributed by atoms with Gasteiger partial charge in [0, 0.05) is 17.7 Å². The highest BCUT2D eigenvalue weighted by Crippen LogP contribution is 2.43. The number of carbonyl (C=O) groups is 1. The maximum Gasteiger partial charge on any atom is 0.337 e. The van der Waals surface area contributed by atoms with Crippen molar-refractivity contribution in [3.05, 3.63) is 40.6 Å². The second kappa shape index (κ2) is 9.54. The van der Waals surface area contributed by atoms with E-state index in [-0.39, 0.29) is 39.5 Å². The Labute approximate surface area is 201 Å². The van der Waals surface area contributed by atoms with Crippen LogP contribution in [0.1, 0.15) is 0 Å². The second-order valence-corrected chi connectivity index (χ2v) is 7.85. The molecule has 1 aliphatic rings. The number of ether oxygens (including phenoxy) is 4. The van der Waals surface area contributed by atoms with Crippen LogP contribution in [0.15, 0.2) is 39.5 Å². The van der Waals surface area contributed by atoms with Crippen LogP contribution in [0.3, 0.4) is 0 Å². The van der Waals surface area contributed by atoms with E-state index in [4.69, 9.17) is 18.6 Å². The van der Waals surface area contributed by atoms with Gasteiger partial charge in [-0.15, -0.1) is 0 Å². The van der Waals surface area contributed by atoms with Crippen LogP contribution in [0.4, 0.5) is 0 Å². The molecule has 0 radical (unpaired) electrons. The third-order valence-electron chi connectivity index (χ3n) is 5.62. The van der Waals surface area contributed by atoms with E-state index in [0.29, 0.717) is 0 Å². The van der Waals surface area contributed by atoms with Crippen molar-refractivity contribution in [2.24, 2.45) is 0 Å². The maximum absolute atomic E-state index is 12.8. The van der Waals surface area contributed by atoms with E-state index in [1.165, 1.54) is 12.1 Å². The molecular formula is C23H22O13. The molecule has 1 fully saturated rings. The van der Waals surface area contributed by atoms with Gasteiger partial charge >= 0.3 is 5.97 Å². The van der Waals surface area contributed by atoms with Gasteiger partial charge in [0.2, 0.25) is 12.0 Å². The zero-order valence-electron chi connectivity index (χ0n) is 18.8. The number of phenolic OH excluding ortho intramolecular Hbond substituents is 3. The van der Waals surface area contributed by atoms with Crippen molar-refractivity contribution in [3.8, 4) is 40.1 Å². The van der Waals surface area contributed by atoms with Crippen LogP contribution < -0.4 is 14.9 Å². The van der Waals surface area contributed by atoms with Crippen molar-refractivity contribution < 1.29 is 58.8 Å². The highest BCUT2D eigenvalue weighted by molar-refractivity contribution is 5.89. The summed E-state index contributed by atoms with van der Waals surface area (Å²) in [5, 5.41) is 60.3. The molecule has 1 aliphatic heterocycles. The van der Waals surface area contributed by atoms with Crippen molar-refractivity contribution in [3.63, 3.8) is 0 Å². The SMILES string of the molecule is COC(=O)C1OC(Oc2cc3oc(-c4ccc(O)c(O)c4)cc(=O)c3c(O)c2OC)C(O)C(O)C1O. The minimum atomic E-state index is -1.86. The fourth-order valence-electron chi connectivity index (χ4n) is 3.75. The van der Waals surface area contributed by atoms with Crippen LogP contribution in [0.5, 0.6) is 28.7 Å². The van der Waals surface area contributed by atoms with Crippen molar-refractivity contribution in [1.29, 1.82) is 0 Å². The van der Waals surface area contributed by atoms with E-state index < -0.39 is 53.6 Å². The van der Waals surface area contributed by atoms with Crippen LogP contribution >= 0.6 is 0 Å². The van der Waals surface area contributed by atoms with Gasteiger partial charge in [-0.1, -0.05) is 0 Å². The predicted octanol–water partition coefficient (Wildman–Crippen LogP) is -0.0552. The Hall–Kier alpha value is -4.04. The zero-order valence-corrected chi connectivity index (χ0v) is 18.8. The minimum Gasteiger partial charge on any atom is -0.504 e. The summed E-state index contributed by atoms with van der Waals surface area (Å²) in [5.74, 6) is -3.25. The molecule has 1 aromatic heterocycles. The Bertz CT molecular complexity index is 1360. The summed E-state index contributed by atoms with van der Waals surface area (Å²) >= 11 is 0. The average Bonchev–Trinajstić information content (AvgIpc) is 2.85. The highest BCUT2D eigenvalue weighted by Gasteiger charge is 2.48. The van der Waals surface area contributed by atoms with Gasteiger partial charge in [0.25, 0.3) is 0 Å². The average molecular weight is 506 g/mol. The Morgan fingerprint density at radius 2 is 1.67 bits per heavy atom. The van der Waals surface area contributed by atoms with Crippen molar-refractivity contribution in [1.82, 2.24) is 0 Å². The maximum atomic E-state index is 12.8. The molecule has 0 saturated carbocycles. The Morgan fingerprint density at radius 1 is 0.944 bits per heavy atom. The number of aliphatic hydroxyl groups is 3. The van der Waals surface area contributed by atoms with E-state index in [1.54, 1.807) is 0 Å². The monoisotopic (exact) mass is 506 g/mol. The van der Waals surface area contributed by atoms with E-state index in [1.807, 2.05) is 0 Å². The molecule has 0 aliphatic carbocycles. The first-order valence-electron chi connectivity index (χ1n) is 10.4. The number of rotatable bonds is 5. The molecule has 5 unspecified atom stereocenters. The van der Waals surface area contributed by atoms with Crippen LogP contribution in [0.2, 0.25) is 0 Å². The lowest BCUT2D eigenvalue weighted by atomic mass is 9.99. The van der Waals surface area contributed by atoms with Crippen molar-refractivity contribution in [2.75, 3.05) is 14.2 Å². The molecule has 3 aromatic rings. The summed E-state index contributed by atoms with van der Waals surface area (Å²) in [5.41, 5.74) is -0.653. The summed E-state index contributed by atoms with van der Waals surface area (Å²) in [7, 11) is 2.19. The number of methoxy groups -OCH3 is 2. The molecule has 2 heterocycles. The number of benzene rings is 2. The molecule has 36 heavy (non-hydrogen) atoms. The number of carbonyl (C=O) groups excluding carboxylic acids is 1. The molecular weight excluding hydrogens is 484 g/mol. The lowest BCUT2D eigenvalue weighted by molar-refractivity contribution is -0.272. The molecule has 6 N–H and O–H groups in total. The van der Waals surface area contributed by atoms with Crippen LogP contribution in [-0.4, -0.2) is 81.5 Å². The van der Waals surface area contributed by atoms with Crippen molar-refractivity contribution in [2.45, 2.75) is 30.7 Å². The Kier molecular flexibility index (Phi) is 6.65. The van der Waals surface area contributed by atoms with Gasteiger partial charge in [0.05, 0.1) is 14.2 Å². The van der Waals surface area contributed by atoms with Gasteiger partial charge in [0.1, 0.15) is 35.0 Å². The Balaban J connectivity index is 1.79. The second-order valence-electron chi connectivity index (χ2n) is 7.85. The third-order valence-corrected chi connectivity index (χ3v) is 5.62. The van der Waals surface area contributed by atoms with Gasteiger partial charge in [-0.25, -0.2) is 4.79 Å². The number of esters is 1. The van der Waals surface area contributed by atoms with Crippen LogP contribution in [0, 0.1) is 0 Å². The summed E-state index contributed by atoms with van der Waals surface area (Å²) in [4.78, 5) is 24.7. The van der Waals surface area contributed by atoms with Crippen molar-refractivity contribution >= 4 is 16.9 Å². The molecule has 0 bridgehead atoms. The first-order chi connectivity index (χ1) is 17.1. The smallest absolute Gasteiger partial charge is 0.337 e. The summed E-state index contributed by atoms with van der Waals surface area (Å²) < 4.78 is 26.3. The number of aliphatic hydroxyl groups excluding tert-OH is 3. The fourth-order valence-corrected chi connectivity index (χ4v) is 3.75. The lowest BCUT2D eigenvalue weighted by Gasteiger charge is -2.38. The lowest BCUT2D eigenvalue weighted by Crippen LogP contribution is -2.61. The highest BCUT2D eigenvalue weighted by atomic mass is 16.7. The van der Waals surface area contributed by atoms with Gasteiger partial charge in [0.15, 0.2) is 34.5 Å². The van der Waals surface area contributed by atoms with E-state index in [2.05, 4.69) is 4.74 Å². The standard InChI is InChI=1S/C23H22O13/c1-32-20-14(35-23-19(30)17(28)18(29)21(36-23)22(31)33-2)7-13-15(16(20)27)11(26)6-12(34-13)8-3-4-9(24)10(25)5-8/h3-7,17-19,21,23-25,27-30H,1-2H3. The van der Waals surface area contributed by atoms with E-state index in [9.17, 15) is 40.2 Å². The number of phenols is 3. The summed E-state index contributed by atoms with van der Waals surface area (Å²) in [6.45, 7) is 0. The summed E-state index contributed by atoms with van der Waals surface area (Å²) in [6.07, 6.45) is -8.98. The third kappa shape index (κ3) is 4.24. The molecule has 0 spiro atoms. The van der Waals surface area contributed by atoms with Crippen LogP contribution in [-0.2, 0) is 14.3 Å². The number of hydrogen-bond acceptors (Lipinski definition) is 13. The largest absolute Gasteiger partial charge is 0.504 e. The minimum absolute atomic E-state index is 0.0310. The Morgan fingerprint density at radius 3 is 2.31 bits per heavy atom. The fraction of sp³-hybridized carbons (Fsp3) is 0.304. The number of fused-ring (bicyclic) bond motifs is 1. The predicted molar refractivity (Wildman–Crippen MR) is 119 cm³/mol. The number of hydrogen-bond donors (Lipinski definition) is 6. The summed E-state index contributed by atoms with van der Waals surface area (Å²) in [6, 6.07) is 5.92.